The van der Waals surface area contributed by atoms with Crippen molar-refractivity contribution >= 4 is 11.8 Å². The maximum atomic E-state index is 4.63. The molecule has 2 aromatic heterocycles. The van der Waals surface area contributed by atoms with Crippen molar-refractivity contribution in [2.75, 3.05) is 57.8 Å². The van der Waals surface area contributed by atoms with Crippen LogP contribution in [0.2, 0.25) is 0 Å². The molecule has 1 N–H and O–H groups in total. The molecule has 0 aliphatic carbocycles. The summed E-state index contributed by atoms with van der Waals surface area (Å²) in [4.78, 5) is 20.7. The number of nitrogens with zero attached hydrogens (tertiary/aromatic N) is 7. The van der Waals surface area contributed by atoms with Crippen LogP contribution in [0.5, 0.6) is 0 Å². The van der Waals surface area contributed by atoms with Crippen molar-refractivity contribution in [3.05, 3.63) is 42.6 Å². The number of piperidine rings is 1. The lowest BCUT2D eigenvalue weighted by Gasteiger charge is -2.39. The number of pyridine rings is 1. The number of guanidine groups is 1. The van der Waals surface area contributed by atoms with Gasteiger partial charge in [0.25, 0.3) is 0 Å². The van der Waals surface area contributed by atoms with Crippen LogP contribution < -0.4 is 10.2 Å². The van der Waals surface area contributed by atoms with E-state index in [1.54, 1.807) is 0 Å². The second-order valence-electron chi connectivity index (χ2n) is 8.63. The Kier molecular flexibility index (Phi) is 7.06. The third kappa shape index (κ3) is 5.18. The maximum absolute atomic E-state index is 4.63. The number of aliphatic imine (C=N–C) groups is 1. The molecule has 4 rings (SSSR count). The van der Waals surface area contributed by atoms with Crippen LogP contribution in [0.15, 0.2) is 42.0 Å². The zero-order valence-electron chi connectivity index (χ0n) is 19.1. The average molecular weight is 425 g/mol. The van der Waals surface area contributed by atoms with Gasteiger partial charge in [-0.15, -0.1) is 0 Å². The minimum absolute atomic E-state index is 0.420. The van der Waals surface area contributed by atoms with Gasteiger partial charge < -0.3 is 24.6 Å². The predicted molar refractivity (Wildman–Crippen MR) is 125 cm³/mol. The third-order valence-electron chi connectivity index (χ3n) is 6.74. The van der Waals surface area contributed by atoms with Crippen molar-refractivity contribution in [2.45, 2.75) is 32.9 Å². The highest BCUT2D eigenvalue weighted by Crippen LogP contribution is 2.27. The number of hydrogen-bond acceptors (Lipinski definition) is 5. The van der Waals surface area contributed by atoms with Gasteiger partial charge in [-0.3, -0.25) is 4.99 Å². The van der Waals surface area contributed by atoms with E-state index in [9.17, 15) is 0 Å². The molecule has 2 aromatic rings. The van der Waals surface area contributed by atoms with E-state index in [1.807, 2.05) is 25.8 Å². The lowest BCUT2D eigenvalue weighted by atomic mass is 9.93. The number of piperazine rings is 1. The molecule has 0 bridgehead atoms. The van der Waals surface area contributed by atoms with E-state index in [0.29, 0.717) is 12.0 Å². The molecular weight excluding hydrogens is 388 g/mol. The SMILES string of the molecule is CCN1CCN(c2cc(CNC(=NC)N3CCC(C)C(n4ccnc4)C3)ccn2)CC1. The number of rotatable bonds is 5. The molecule has 0 spiro atoms. The highest BCUT2D eigenvalue weighted by atomic mass is 15.3. The Morgan fingerprint density at radius 2 is 2.03 bits per heavy atom. The fourth-order valence-corrected chi connectivity index (χ4v) is 4.65. The fraction of sp³-hybridized carbons (Fsp3) is 0.609. The summed E-state index contributed by atoms with van der Waals surface area (Å²) < 4.78 is 2.23. The second-order valence-corrected chi connectivity index (χ2v) is 8.63. The van der Waals surface area contributed by atoms with Crippen LogP contribution in [0.3, 0.4) is 0 Å². The van der Waals surface area contributed by atoms with Gasteiger partial charge in [-0.05, 0) is 36.6 Å². The van der Waals surface area contributed by atoms with E-state index in [1.165, 1.54) is 5.56 Å². The molecule has 0 amide bonds. The first-order chi connectivity index (χ1) is 15.2. The Bertz CT molecular complexity index is 841. The quantitative estimate of drug-likeness (QED) is 0.586. The normalized spacial score (nSPS) is 23.3. The molecule has 8 heteroatoms. The van der Waals surface area contributed by atoms with E-state index < -0.39 is 0 Å². The monoisotopic (exact) mass is 424 g/mol. The van der Waals surface area contributed by atoms with E-state index in [0.717, 1.165) is 70.6 Å². The minimum atomic E-state index is 0.420. The predicted octanol–water partition coefficient (Wildman–Crippen LogP) is 2.08. The molecule has 2 aliphatic heterocycles. The molecule has 0 saturated carbocycles. The first kappa shape index (κ1) is 21.6. The number of hydrogen-bond donors (Lipinski definition) is 1. The van der Waals surface area contributed by atoms with Crippen molar-refractivity contribution in [2.24, 2.45) is 10.9 Å². The molecule has 2 atom stereocenters. The standard InChI is InChI=1S/C23H36N8/c1-4-28-11-13-29(14-12-28)22-15-20(5-7-26-22)16-27-23(24-3)30-9-6-19(2)21(17-30)31-10-8-25-18-31/h5,7-8,10,15,18-19,21H,4,6,9,11-14,16-17H2,1-3H3,(H,24,27). The smallest absolute Gasteiger partial charge is 0.193 e. The summed E-state index contributed by atoms with van der Waals surface area (Å²) in [5.74, 6) is 2.67. The molecule has 8 nitrogen and oxygen atoms in total. The molecule has 2 aliphatic rings. The summed E-state index contributed by atoms with van der Waals surface area (Å²) in [5.41, 5.74) is 1.24. The van der Waals surface area contributed by atoms with Crippen LogP contribution in [0.1, 0.15) is 31.9 Å². The Balaban J connectivity index is 1.36. The Morgan fingerprint density at radius 3 is 2.74 bits per heavy atom. The van der Waals surface area contributed by atoms with Gasteiger partial charge >= 0.3 is 0 Å². The van der Waals surface area contributed by atoms with Gasteiger partial charge in [-0.25, -0.2) is 9.97 Å². The molecular formula is C23H36N8. The summed E-state index contributed by atoms with van der Waals surface area (Å²) in [6.07, 6.45) is 8.94. The molecule has 4 heterocycles. The molecule has 2 fully saturated rings. The number of likely N-dealkylation sites (tertiary alicyclic amines) is 1. The summed E-state index contributed by atoms with van der Waals surface area (Å²) in [6, 6.07) is 4.73. The zero-order chi connectivity index (χ0) is 21.6. The Labute approximate surface area is 186 Å². The van der Waals surface area contributed by atoms with Crippen LogP contribution in [0.4, 0.5) is 5.82 Å². The molecule has 31 heavy (non-hydrogen) atoms. The van der Waals surface area contributed by atoms with Crippen molar-refractivity contribution in [1.29, 1.82) is 0 Å². The van der Waals surface area contributed by atoms with E-state index in [-0.39, 0.29) is 0 Å². The Hall–Kier alpha value is -2.61. The van der Waals surface area contributed by atoms with E-state index >= 15 is 0 Å². The first-order valence-corrected chi connectivity index (χ1v) is 11.5. The first-order valence-electron chi connectivity index (χ1n) is 11.5. The summed E-state index contributed by atoms with van der Waals surface area (Å²) in [5, 5.41) is 3.58. The topological polar surface area (TPSA) is 64.8 Å². The molecule has 0 radical (unpaired) electrons. The number of likely N-dealkylation sites (N-methyl/N-ethyl adjacent to an activating group) is 1. The van der Waals surface area contributed by atoms with Crippen LogP contribution in [0, 0.1) is 5.92 Å². The van der Waals surface area contributed by atoms with Crippen LogP contribution in [-0.2, 0) is 6.54 Å². The molecule has 168 valence electrons. The highest BCUT2D eigenvalue weighted by Gasteiger charge is 2.28. The summed E-state index contributed by atoms with van der Waals surface area (Å²) >= 11 is 0. The number of anilines is 1. The van der Waals surface area contributed by atoms with Gasteiger partial charge in [0, 0.05) is 71.5 Å². The fourth-order valence-electron chi connectivity index (χ4n) is 4.65. The number of aromatic nitrogens is 3. The van der Waals surface area contributed by atoms with E-state index in [4.69, 9.17) is 0 Å². The molecule has 2 saturated heterocycles. The highest BCUT2D eigenvalue weighted by molar-refractivity contribution is 5.80. The molecule has 0 aromatic carbocycles. The van der Waals surface area contributed by atoms with Crippen molar-refractivity contribution < 1.29 is 0 Å². The van der Waals surface area contributed by atoms with E-state index in [2.05, 4.69) is 71.7 Å². The summed E-state index contributed by atoms with van der Waals surface area (Å²) in [6.45, 7) is 12.7. The van der Waals surface area contributed by atoms with Gasteiger partial charge in [0.1, 0.15) is 5.82 Å². The van der Waals surface area contributed by atoms with Crippen LogP contribution in [-0.4, -0.2) is 83.2 Å². The number of imidazole rings is 1. The molecule has 2 unspecified atom stereocenters. The second kappa shape index (κ2) is 10.1. The van der Waals surface area contributed by atoms with Crippen LogP contribution >= 0.6 is 0 Å². The van der Waals surface area contributed by atoms with Crippen molar-refractivity contribution in [1.82, 2.24) is 29.7 Å². The zero-order valence-corrected chi connectivity index (χ0v) is 19.1. The Morgan fingerprint density at radius 1 is 1.19 bits per heavy atom. The third-order valence-corrected chi connectivity index (χ3v) is 6.74. The average Bonchev–Trinajstić information content (AvgIpc) is 3.35. The maximum Gasteiger partial charge on any atom is 0.193 e. The van der Waals surface area contributed by atoms with Gasteiger partial charge in [0.15, 0.2) is 5.96 Å². The van der Waals surface area contributed by atoms with Gasteiger partial charge in [-0.1, -0.05) is 13.8 Å². The van der Waals surface area contributed by atoms with Crippen molar-refractivity contribution in [3.8, 4) is 0 Å². The van der Waals surface area contributed by atoms with Crippen LogP contribution in [0.25, 0.3) is 0 Å². The van der Waals surface area contributed by atoms with Gasteiger partial charge in [0.2, 0.25) is 0 Å². The van der Waals surface area contributed by atoms with Gasteiger partial charge in [-0.2, -0.15) is 0 Å². The number of nitrogens with one attached hydrogen (secondary N) is 1. The van der Waals surface area contributed by atoms with Gasteiger partial charge in [0.05, 0.1) is 12.4 Å². The van der Waals surface area contributed by atoms with Crippen molar-refractivity contribution in [3.63, 3.8) is 0 Å². The minimum Gasteiger partial charge on any atom is -0.354 e. The lowest BCUT2D eigenvalue weighted by molar-refractivity contribution is 0.189. The largest absolute Gasteiger partial charge is 0.354 e. The lowest BCUT2D eigenvalue weighted by Crippen LogP contribution is -2.48. The summed E-state index contributed by atoms with van der Waals surface area (Å²) in [7, 11) is 1.87.